The largest absolute Gasteiger partial charge is 0.497 e. The van der Waals surface area contributed by atoms with Gasteiger partial charge in [0.15, 0.2) is 0 Å². The molecule has 1 heterocycles. The number of benzene rings is 1. The van der Waals surface area contributed by atoms with E-state index in [9.17, 15) is 0 Å². The Morgan fingerprint density at radius 2 is 2.00 bits per heavy atom. The van der Waals surface area contributed by atoms with Crippen LogP contribution in [0, 0.1) is 0 Å². The van der Waals surface area contributed by atoms with Crippen molar-refractivity contribution in [2.75, 3.05) is 12.3 Å². The molecule has 0 saturated heterocycles. The summed E-state index contributed by atoms with van der Waals surface area (Å²) >= 11 is 0. The number of allylic oxidation sites excluding steroid dienone is 4. The zero-order valence-corrected chi connectivity index (χ0v) is 14.7. The first-order valence-corrected chi connectivity index (χ1v) is 7.86. The highest BCUT2D eigenvalue weighted by Crippen LogP contribution is 2.17. The Morgan fingerprint density at radius 1 is 1.26 bits per heavy atom. The molecule has 4 heteroatoms. The first-order valence-electron chi connectivity index (χ1n) is 7.86. The third-order valence-electron chi connectivity index (χ3n) is 3.89. The van der Waals surface area contributed by atoms with Gasteiger partial charge in [0.2, 0.25) is 0 Å². The lowest BCUT2D eigenvalue weighted by molar-refractivity contribution is 0.305. The molecule has 120 valence electrons. The van der Waals surface area contributed by atoms with E-state index in [0.717, 1.165) is 22.6 Å². The van der Waals surface area contributed by atoms with Crippen LogP contribution in [0.3, 0.4) is 0 Å². The van der Waals surface area contributed by atoms with Crippen LogP contribution >= 0.6 is 0 Å². The first kappa shape index (κ1) is 17.0. The summed E-state index contributed by atoms with van der Waals surface area (Å²) in [4.78, 5) is 0. The van der Waals surface area contributed by atoms with Crippen LogP contribution < -0.4 is 20.9 Å². The summed E-state index contributed by atoms with van der Waals surface area (Å²) in [6.45, 7) is 12.1. The fourth-order valence-corrected chi connectivity index (χ4v) is 2.91. The van der Waals surface area contributed by atoms with Crippen molar-refractivity contribution in [2.45, 2.75) is 27.7 Å². The molecule has 0 atom stereocenters. The molecule has 3 nitrogen and oxygen atoms in total. The van der Waals surface area contributed by atoms with E-state index in [2.05, 4.69) is 75.1 Å². The second-order valence-corrected chi connectivity index (χ2v) is 5.85. The third kappa shape index (κ3) is 3.53. The van der Waals surface area contributed by atoms with Crippen molar-refractivity contribution in [1.29, 1.82) is 0 Å². The topological polar surface area (TPSA) is 33.3 Å². The van der Waals surface area contributed by atoms with Crippen LogP contribution in [0.25, 0.3) is 11.8 Å². The van der Waals surface area contributed by atoms with Crippen molar-refractivity contribution in [3.05, 3.63) is 64.2 Å². The zero-order valence-electron chi connectivity index (χ0n) is 14.7. The molecule has 0 spiro atoms. The summed E-state index contributed by atoms with van der Waals surface area (Å²) in [5.74, 6) is 0.769. The highest BCUT2D eigenvalue weighted by molar-refractivity contribution is 6.70. The maximum absolute atomic E-state index is 5.51. The van der Waals surface area contributed by atoms with Gasteiger partial charge in [-0.1, -0.05) is 36.4 Å². The minimum absolute atomic E-state index is 0.0579. The lowest BCUT2D eigenvalue weighted by atomic mass is 9.64. The molecule has 0 aromatic heterocycles. The van der Waals surface area contributed by atoms with Crippen LogP contribution in [0.1, 0.15) is 27.7 Å². The number of ether oxygens (including phenoxy) is 1. The van der Waals surface area contributed by atoms with Crippen molar-refractivity contribution in [3.8, 4) is 0 Å². The molecule has 2 rings (SSSR count). The summed E-state index contributed by atoms with van der Waals surface area (Å²) in [6, 6.07) is 6.31. The molecule has 0 unspecified atom stereocenters. The summed E-state index contributed by atoms with van der Waals surface area (Å²) in [6.07, 6.45) is 6.00. The van der Waals surface area contributed by atoms with Gasteiger partial charge in [-0.05, 0) is 45.1 Å². The molecule has 23 heavy (non-hydrogen) atoms. The molecule has 0 amide bonds. The van der Waals surface area contributed by atoms with Gasteiger partial charge in [0.05, 0.1) is 7.11 Å². The maximum atomic E-state index is 5.51. The number of nitrogens with one attached hydrogen (secondary N) is 2. The van der Waals surface area contributed by atoms with Crippen LogP contribution in [-0.2, 0) is 4.74 Å². The Balaban J connectivity index is 2.58. The van der Waals surface area contributed by atoms with Crippen molar-refractivity contribution in [1.82, 2.24) is 5.23 Å². The molecule has 0 saturated carbocycles. The van der Waals surface area contributed by atoms with Crippen LogP contribution in [0.4, 0.5) is 5.69 Å². The number of rotatable bonds is 4. The fraction of sp³-hybridized carbons (Fsp3) is 0.263. The van der Waals surface area contributed by atoms with Crippen molar-refractivity contribution >= 4 is 24.4 Å². The highest BCUT2D eigenvalue weighted by atomic mass is 16.5. The molecule has 1 aliphatic rings. The van der Waals surface area contributed by atoms with E-state index in [1.807, 2.05) is 0 Å². The molecular formula is C19H25BN2O. The van der Waals surface area contributed by atoms with Gasteiger partial charge in [0.25, 0.3) is 0 Å². The lowest BCUT2D eigenvalue weighted by Crippen LogP contribution is -2.51. The fourth-order valence-electron chi connectivity index (χ4n) is 2.91. The quantitative estimate of drug-likeness (QED) is 0.510. The average Bonchev–Trinajstić information content (AvgIpc) is 2.53. The van der Waals surface area contributed by atoms with Gasteiger partial charge in [-0.25, -0.2) is 0 Å². The van der Waals surface area contributed by atoms with Gasteiger partial charge in [0.1, 0.15) is 5.76 Å². The van der Waals surface area contributed by atoms with Crippen LogP contribution in [-0.4, -0.2) is 14.1 Å². The van der Waals surface area contributed by atoms with Gasteiger partial charge < -0.3 is 15.2 Å². The third-order valence-corrected chi connectivity index (χ3v) is 3.89. The Labute approximate surface area is 139 Å². The second-order valence-electron chi connectivity index (χ2n) is 5.85. The minimum atomic E-state index is -0.0579. The number of methoxy groups -OCH3 is 1. The number of hydrogen-bond donors (Lipinski definition) is 2. The number of fused-ring (bicyclic) bond motifs is 1. The Hall–Kier alpha value is -2.36. The van der Waals surface area contributed by atoms with Gasteiger partial charge in [-0.15, -0.1) is 0 Å². The van der Waals surface area contributed by atoms with E-state index in [1.54, 1.807) is 13.2 Å². The van der Waals surface area contributed by atoms with Gasteiger partial charge >= 0.3 is 6.98 Å². The highest BCUT2D eigenvalue weighted by Gasteiger charge is 2.27. The summed E-state index contributed by atoms with van der Waals surface area (Å²) < 4.78 is 5.51. The van der Waals surface area contributed by atoms with Crippen LogP contribution in [0.2, 0.25) is 0 Å². The van der Waals surface area contributed by atoms with Crippen LogP contribution in [0.15, 0.2) is 53.7 Å². The summed E-state index contributed by atoms with van der Waals surface area (Å²) in [5, 5.41) is 9.58. The number of hydrogen-bond acceptors (Lipinski definition) is 3. The van der Waals surface area contributed by atoms with E-state index < -0.39 is 0 Å². The average molecular weight is 308 g/mol. The molecule has 2 N–H and O–H groups in total. The zero-order chi connectivity index (χ0) is 17.0. The minimum Gasteiger partial charge on any atom is -0.497 e. The van der Waals surface area contributed by atoms with Gasteiger partial charge in [-0.3, -0.25) is 0 Å². The van der Waals surface area contributed by atoms with Gasteiger partial charge in [0, 0.05) is 22.1 Å². The predicted octanol–water partition coefficient (Wildman–Crippen LogP) is 2.71. The molecule has 0 radical (unpaired) electrons. The van der Waals surface area contributed by atoms with E-state index in [4.69, 9.17) is 4.74 Å². The monoisotopic (exact) mass is 308 g/mol. The molecule has 1 aromatic carbocycles. The Bertz CT molecular complexity index is 786. The Morgan fingerprint density at radius 3 is 2.57 bits per heavy atom. The molecular weight excluding hydrogens is 283 g/mol. The van der Waals surface area contributed by atoms with Crippen LogP contribution in [0.5, 0.6) is 0 Å². The van der Waals surface area contributed by atoms with Crippen molar-refractivity contribution in [3.63, 3.8) is 0 Å². The Kier molecular flexibility index (Phi) is 5.38. The summed E-state index contributed by atoms with van der Waals surface area (Å²) in [5.41, 5.74) is 4.52. The van der Waals surface area contributed by atoms with E-state index >= 15 is 0 Å². The molecule has 0 aliphatic carbocycles. The standard InChI is InChI=1S/C19H25BN2O/c1-7-15-10-9-11-17-19(15)14(5)21-20(22-17)16(12-13(3)4)18(8-2)23-6/h7-12,21-22H,2H2,1,3-6H3/b15-7-,18-16-. The van der Waals surface area contributed by atoms with Crippen molar-refractivity contribution in [2.24, 2.45) is 0 Å². The molecule has 0 fully saturated rings. The van der Waals surface area contributed by atoms with E-state index in [-0.39, 0.29) is 6.98 Å². The lowest BCUT2D eigenvalue weighted by Gasteiger charge is -2.26. The molecule has 1 aliphatic heterocycles. The van der Waals surface area contributed by atoms with Crippen molar-refractivity contribution < 1.29 is 4.74 Å². The normalized spacial score (nSPS) is 15.1. The number of anilines is 1. The second kappa shape index (κ2) is 7.27. The summed E-state index contributed by atoms with van der Waals surface area (Å²) in [7, 11) is 1.67. The van der Waals surface area contributed by atoms with Gasteiger partial charge in [-0.2, -0.15) is 0 Å². The first-order chi connectivity index (χ1) is 11.0. The molecule has 1 aromatic rings. The smallest absolute Gasteiger partial charge is 0.409 e. The predicted molar refractivity (Wildman–Crippen MR) is 101 cm³/mol. The SMILES string of the molecule is C=C/C(OC)=C(\C=C(C)C)B1NC(C)=c2c(ccc/c2=C/C)N1. The molecule has 0 bridgehead atoms. The van der Waals surface area contributed by atoms with E-state index in [1.165, 1.54) is 16.0 Å². The van der Waals surface area contributed by atoms with E-state index in [0.29, 0.717) is 0 Å². The maximum Gasteiger partial charge on any atom is 0.409 e.